The number of ether oxygens (including phenoxy) is 1. The van der Waals surface area contributed by atoms with Gasteiger partial charge in [0.05, 0.1) is 6.54 Å². The van der Waals surface area contributed by atoms with Gasteiger partial charge in [0.15, 0.2) is 0 Å². The number of nitrogens with zero attached hydrogens (tertiary/aromatic N) is 2. The van der Waals surface area contributed by atoms with Crippen molar-refractivity contribution >= 4 is 17.8 Å². The van der Waals surface area contributed by atoms with Crippen LogP contribution in [0.25, 0.3) is 22.3 Å². The van der Waals surface area contributed by atoms with Crippen molar-refractivity contribution in [3.05, 3.63) is 72.4 Å². The fraction of sp³-hybridized carbons (Fsp3) is 0.387. The number of cyclic esters (lactones) is 1. The van der Waals surface area contributed by atoms with Crippen molar-refractivity contribution in [2.75, 3.05) is 18.5 Å². The Labute approximate surface area is 223 Å². The Hall–Kier alpha value is -3.71. The first kappa shape index (κ1) is 24.6. The standard InChI is InChI=1S/C31H34N4O3/c32-31(14-15-31)24-10-8-23(9-11-24)27-20-33-28(19-26(27)22-4-2-1-3-5-22)34-29(36)18-21-6-12-25(13-7-21)35-16-17-38-30(35)37/h1-5,8-11,19-21,25H,6-7,12-18,32H2,(H,33,34,36)/t21-,25-. The molecule has 0 radical (unpaired) electrons. The lowest BCUT2D eigenvalue weighted by molar-refractivity contribution is -0.117. The molecule has 196 valence electrons. The number of rotatable bonds is 7. The van der Waals surface area contributed by atoms with Gasteiger partial charge in [-0.2, -0.15) is 0 Å². The number of benzene rings is 2. The average molecular weight is 511 g/mol. The Morgan fingerprint density at radius 3 is 2.37 bits per heavy atom. The molecule has 38 heavy (non-hydrogen) atoms. The van der Waals surface area contributed by atoms with E-state index in [0.717, 1.165) is 60.8 Å². The van der Waals surface area contributed by atoms with Gasteiger partial charge in [0.2, 0.25) is 5.91 Å². The minimum atomic E-state index is -0.197. The summed E-state index contributed by atoms with van der Waals surface area (Å²) in [4.78, 5) is 31.3. The highest BCUT2D eigenvalue weighted by Gasteiger charge is 2.39. The highest BCUT2D eigenvalue weighted by molar-refractivity contribution is 5.92. The Balaban J connectivity index is 1.15. The summed E-state index contributed by atoms with van der Waals surface area (Å²) in [5.41, 5.74) is 11.6. The molecule has 6 rings (SSSR count). The minimum Gasteiger partial charge on any atom is -0.448 e. The number of carbonyl (C=O) groups excluding carboxylic acids is 2. The summed E-state index contributed by atoms with van der Waals surface area (Å²) in [6.07, 6.45) is 7.89. The second kappa shape index (κ2) is 10.2. The van der Waals surface area contributed by atoms with E-state index in [1.807, 2.05) is 35.4 Å². The maximum absolute atomic E-state index is 13.0. The second-order valence-electron chi connectivity index (χ2n) is 10.9. The van der Waals surface area contributed by atoms with Gasteiger partial charge in [0.1, 0.15) is 12.4 Å². The molecule has 2 amide bonds. The van der Waals surface area contributed by atoms with Gasteiger partial charge in [0.25, 0.3) is 0 Å². The molecular formula is C31H34N4O3. The maximum Gasteiger partial charge on any atom is 0.410 e. The predicted octanol–water partition coefficient (Wildman–Crippen LogP) is 5.70. The SMILES string of the molecule is NC1(c2ccc(-c3cnc(NC(=O)C[C@H]4CC[C@H](N5CCOC5=O)CC4)cc3-c3ccccc3)cc2)CC1. The third-order valence-corrected chi connectivity index (χ3v) is 8.34. The lowest BCUT2D eigenvalue weighted by Gasteiger charge is -2.32. The van der Waals surface area contributed by atoms with E-state index in [9.17, 15) is 9.59 Å². The van der Waals surface area contributed by atoms with Crippen LogP contribution in [0, 0.1) is 5.92 Å². The molecule has 2 saturated carbocycles. The molecular weight excluding hydrogens is 476 g/mol. The van der Waals surface area contributed by atoms with Crippen LogP contribution < -0.4 is 11.1 Å². The van der Waals surface area contributed by atoms with E-state index in [1.54, 1.807) is 0 Å². The van der Waals surface area contributed by atoms with Crippen LogP contribution in [0.5, 0.6) is 0 Å². The number of nitrogens with one attached hydrogen (secondary N) is 1. The maximum atomic E-state index is 13.0. The van der Waals surface area contributed by atoms with E-state index >= 15 is 0 Å². The van der Waals surface area contributed by atoms with E-state index in [4.69, 9.17) is 10.5 Å². The summed E-state index contributed by atoms with van der Waals surface area (Å²) in [7, 11) is 0. The molecule has 3 N–H and O–H groups in total. The third kappa shape index (κ3) is 5.16. The first-order valence-corrected chi connectivity index (χ1v) is 13.7. The van der Waals surface area contributed by atoms with Gasteiger partial charge in [0, 0.05) is 29.8 Å². The third-order valence-electron chi connectivity index (χ3n) is 8.34. The number of anilines is 1. The normalized spacial score (nSPS) is 22.1. The summed E-state index contributed by atoms with van der Waals surface area (Å²) in [5, 5.41) is 3.04. The average Bonchev–Trinajstić information content (AvgIpc) is 3.56. The lowest BCUT2D eigenvalue weighted by Crippen LogP contribution is -2.39. The molecule has 0 unspecified atom stereocenters. The molecule has 0 spiro atoms. The summed E-state index contributed by atoms with van der Waals surface area (Å²) in [6.45, 7) is 1.16. The largest absolute Gasteiger partial charge is 0.448 e. The van der Waals surface area contributed by atoms with Crippen LogP contribution in [-0.2, 0) is 15.1 Å². The van der Waals surface area contributed by atoms with Crippen molar-refractivity contribution in [1.29, 1.82) is 0 Å². The molecule has 3 aromatic rings. The number of aromatic nitrogens is 1. The summed E-state index contributed by atoms with van der Waals surface area (Å²) >= 11 is 0. The van der Waals surface area contributed by atoms with Crippen molar-refractivity contribution in [3.8, 4) is 22.3 Å². The highest BCUT2D eigenvalue weighted by atomic mass is 16.6. The molecule has 3 aliphatic rings. The number of carbonyl (C=O) groups is 2. The minimum absolute atomic E-state index is 0.0182. The smallest absolute Gasteiger partial charge is 0.410 e. The number of amides is 2. The van der Waals surface area contributed by atoms with Crippen LogP contribution >= 0.6 is 0 Å². The Morgan fingerprint density at radius 1 is 1.00 bits per heavy atom. The highest BCUT2D eigenvalue weighted by Crippen LogP contribution is 2.43. The number of hydrogen-bond donors (Lipinski definition) is 2. The van der Waals surface area contributed by atoms with Gasteiger partial charge in [-0.3, -0.25) is 4.79 Å². The van der Waals surface area contributed by atoms with Crippen molar-refractivity contribution < 1.29 is 14.3 Å². The van der Waals surface area contributed by atoms with Crippen LogP contribution in [0.15, 0.2) is 66.9 Å². The zero-order valence-electron chi connectivity index (χ0n) is 21.6. The lowest BCUT2D eigenvalue weighted by atomic mass is 9.83. The van der Waals surface area contributed by atoms with Crippen molar-refractivity contribution in [2.45, 2.75) is 56.5 Å². The van der Waals surface area contributed by atoms with Gasteiger partial charge >= 0.3 is 6.09 Å². The van der Waals surface area contributed by atoms with Crippen LogP contribution in [0.1, 0.15) is 50.5 Å². The molecule has 1 aromatic heterocycles. The zero-order chi connectivity index (χ0) is 26.1. The van der Waals surface area contributed by atoms with Gasteiger partial charge in [-0.15, -0.1) is 0 Å². The molecule has 2 heterocycles. The zero-order valence-corrected chi connectivity index (χ0v) is 21.6. The Bertz CT molecular complexity index is 1310. The molecule has 0 bridgehead atoms. The number of nitrogens with two attached hydrogens (primary N) is 1. The fourth-order valence-electron chi connectivity index (χ4n) is 5.87. The molecule has 2 aliphatic carbocycles. The monoisotopic (exact) mass is 510 g/mol. The number of hydrogen-bond acceptors (Lipinski definition) is 5. The van der Waals surface area contributed by atoms with E-state index in [-0.39, 0.29) is 23.6 Å². The van der Waals surface area contributed by atoms with E-state index in [0.29, 0.717) is 31.3 Å². The van der Waals surface area contributed by atoms with Gasteiger partial charge in [-0.25, -0.2) is 9.78 Å². The second-order valence-corrected chi connectivity index (χ2v) is 10.9. The molecule has 7 heteroatoms. The van der Waals surface area contributed by atoms with Crippen LogP contribution in [0.4, 0.5) is 10.6 Å². The van der Waals surface area contributed by atoms with E-state index in [2.05, 4.69) is 46.7 Å². The molecule has 7 nitrogen and oxygen atoms in total. The topological polar surface area (TPSA) is 97.5 Å². The molecule has 3 fully saturated rings. The van der Waals surface area contributed by atoms with Crippen molar-refractivity contribution in [2.24, 2.45) is 11.7 Å². The summed E-state index contributed by atoms with van der Waals surface area (Å²) < 4.78 is 5.09. The first-order valence-electron chi connectivity index (χ1n) is 13.7. The van der Waals surface area contributed by atoms with Crippen LogP contribution in [-0.4, -0.2) is 41.1 Å². The summed E-state index contributed by atoms with van der Waals surface area (Å²) in [5.74, 6) is 0.852. The Morgan fingerprint density at radius 2 is 1.71 bits per heavy atom. The number of pyridine rings is 1. The molecule has 1 aliphatic heterocycles. The quantitative estimate of drug-likeness (QED) is 0.425. The van der Waals surface area contributed by atoms with Crippen molar-refractivity contribution in [1.82, 2.24) is 9.88 Å². The first-order chi connectivity index (χ1) is 18.5. The Kier molecular flexibility index (Phi) is 6.62. The predicted molar refractivity (Wildman–Crippen MR) is 147 cm³/mol. The van der Waals surface area contributed by atoms with Crippen molar-refractivity contribution in [3.63, 3.8) is 0 Å². The molecule has 1 saturated heterocycles. The van der Waals surface area contributed by atoms with Gasteiger partial charge in [-0.1, -0.05) is 54.6 Å². The van der Waals surface area contributed by atoms with Crippen LogP contribution in [0.2, 0.25) is 0 Å². The molecule has 2 aromatic carbocycles. The fourth-order valence-corrected chi connectivity index (χ4v) is 5.87. The van der Waals surface area contributed by atoms with E-state index in [1.165, 1.54) is 5.56 Å². The molecule has 0 atom stereocenters. The van der Waals surface area contributed by atoms with Gasteiger partial charge < -0.3 is 20.7 Å². The van der Waals surface area contributed by atoms with Gasteiger partial charge in [-0.05, 0) is 72.8 Å². The van der Waals surface area contributed by atoms with E-state index < -0.39 is 0 Å². The summed E-state index contributed by atoms with van der Waals surface area (Å²) in [6, 6.07) is 20.9. The van der Waals surface area contributed by atoms with Crippen LogP contribution in [0.3, 0.4) is 0 Å².